The van der Waals surface area contributed by atoms with Crippen molar-refractivity contribution < 1.29 is 49.0 Å². The van der Waals surface area contributed by atoms with E-state index in [1.54, 1.807) is 0 Å². The van der Waals surface area contributed by atoms with Gasteiger partial charge in [0.1, 0.15) is 18.3 Å². The van der Waals surface area contributed by atoms with Crippen LogP contribution in [0.3, 0.4) is 0 Å². The Morgan fingerprint density at radius 2 is 1.56 bits per heavy atom. The van der Waals surface area contributed by atoms with Crippen molar-refractivity contribution in [2.24, 2.45) is 5.92 Å². The van der Waals surface area contributed by atoms with Gasteiger partial charge in [0.25, 0.3) is 0 Å². The zero-order chi connectivity index (χ0) is 30.3. The number of benzene rings is 1. The van der Waals surface area contributed by atoms with Crippen LogP contribution in [0.25, 0.3) is 0 Å². The summed E-state index contributed by atoms with van der Waals surface area (Å²) in [5, 5.41) is 3.18. The second-order valence-corrected chi connectivity index (χ2v) is 10.5. The molecule has 14 heteroatoms. The first-order chi connectivity index (χ1) is 19.0. The minimum Gasteiger partial charge on any atom is -0.367 e. The SMILES string of the molecule is CCC1CC(=O)CCC1Nc1ncc(C(F)(F)F)cc1CN1CO[C@H](c2cc(C(F)(F)F)cc(C(F)(F)F)c2)[C@@H]1C. The summed E-state index contributed by atoms with van der Waals surface area (Å²) in [5.41, 5.74) is -4.20. The summed E-state index contributed by atoms with van der Waals surface area (Å²) in [6, 6.07) is 1.11. The maximum absolute atomic E-state index is 13.5. The number of anilines is 1. The van der Waals surface area contributed by atoms with E-state index in [0.29, 0.717) is 44.0 Å². The third-order valence-electron chi connectivity index (χ3n) is 7.68. The molecular formula is C27H28F9N3O2. The van der Waals surface area contributed by atoms with Crippen LogP contribution in [0.1, 0.15) is 73.5 Å². The second kappa shape index (κ2) is 11.4. The number of nitrogens with one attached hydrogen (secondary N) is 1. The van der Waals surface area contributed by atoms with Crippen LogP contribution >= 0.6 is 0 Å². The van der Waals surface area contributed by atoms with Gasteiger partial charge in [-0.3, -0.25) is 9.69 Å². The van der Waals surface area contributed by atoms with Gasteiger partial charge in [-0.05, 0) is 49.1 Å². The number of Topliss-reactive ketones (excluding diaryl/α,β-unsaturated/α-hetero) is 1. The fraction of sp³-hybridized carbons (Fsp3) is 0.556. The number of alkyl halides is 9. The number of halogens is 9. The van der Waals surface area contributed by atoms with Crippen LogP contribution in [0.4, 0.5) is 45.3 Å². The Hall–Kier alpha value is -2.87. The zero-order valence-electron chi connectivity index (χ0n) is 22.1. The number of ether oxygens (including phenoxy) is 1. The highest BCUT2D eigenvalue weighted by atomic mass is 19.4. The van der Waals surface area contributed by atoms with E-state index in [9.17, 15) is 44.3 Å². The summed E-state index contributed by atoms with van der Waals surface area (Å²) in [7, 11) is 0. The lowest BCUT2D eigenvalue weighted by molar-refractivity contribution is -0.143. The molecule has 0 spiro atoms. The van der Waals surface area contributed by atoms with Gasteiger partial charge in [0.05, 0.1) is 22.8 Å². The number of hydrogen-bond acceptors (Lipinski definition) is 5. The van der Waals surface area contributed by atoms with Gasteiger partial charge in [-0.15, -0.1) is 0 Å². The van der Waals surface area contributed by atoms with Crippen molar-refractivity contribution in [1.82, 2.24) is 9.88 Å². The summed E-state index contributed by atoms with van der Waals surface area (Å²) in [4.78, 5) is 17.4. The van der Waals surface area contributed by atoms with Crippen molar-refractivity contribution in [1.29, 1.82) is 0 Å². The van der Waals surface area contributed by atoms with Crippen molar-refractivity contribution in [2.75, 3.05) is 12.0 Å². The van der Waals surface area contributed by atoms with Gasteiger partial charge in [-0.25, -0.2) is 4.98 Å². The van der Waals surface area contributed by atoms with E-state index in [4.69, 9.17) is 4.74 Å². The Labute approximate surface area is 230 Å². The standard InChI is InChI=1S/C27H28F9N3O2/c1-3-15-9-21(40)4-5-22(15)38-24-17(8-20(11-37-24)27(34,35)36)12-39-13-41-23(14(39)2)16-6-18(25(28,29)30)10-19(7-16)26(31,32)33/h6-8,10-11,14-15,22-23H,3-5,9,12-13H2,1-2H3,(H,37,38)/t14-,15?,22?,23-/m0/s1. The number of pyridine rings is 1. The van der Waals surface area contributed by atoms with Gasteiger partial charge in [-0.2, -0.15) is 39.5 Å². The molecule has 1 N–H and O–H groups in total. The normalized spacial score (nSPS) is 24.6. The van der Waals surface area contributed by atoms with Crippen LogP contribution in [-0.2, 0) is 34.6 Å². The number of aromatic nitrogens is 1. The van der Waals surface area contributed by atoms with Crippen LogP contribution in [-0.4, -0.2) is 34.5 Å². The van der Waals surface area contributed by atoms with E-state index in [1.165, 1.54) is 11.8 Å². The van der Waals surface area contributed by atoms with Crippen molar-refractivity contribution >= 4 is 11.6 Å². The van der Waals surface area contributed by atoms with Crippen LogP contribution < -0.4 is 5.32 Å². The van der Waals surface area contributed by atoms with Crippen LogP contribution in [0.15, 0.2) is 30.5 Å². The first-order valence-corrected chi connectivity index (χ1v) is 13.0. The number of nitrogens with zero attached hydrogens (tertiary/aromatic N) is 2. The second-order valence-electron chi connectivity index (χ2n) is 10.5. The molecule has 4 atom stereocenters. The number of carbonyl (C=O) groups excluding carboxylic acids is 1. The fourth-order valence-corrected chi connectivity index (χ4v) is 5.35. The fourth-order valence-electron chi connectivity index (χ4n) is 5.35. The molecule has 1 aromatic heterocycles. The average molecular weight is 598 g/mol. The number of hydrogen-bond donors (Lipinski definition) is 1. The first kappa shape index (κ1) is 31.1. The largest absolute Gasteiger partial charge is 0.417 e. The maximum atomic E-state index is 13.5. The predicted molar refractivity (Wildman–Crippen MR) is 129 cm³/mol. The highest BCUT2D eigenvalue weighted by molar-refractivity contribution is 5.79. The van der Waals surface area contributed by atoms with E-state index >= 15 is 0 Å². The highest BCUT2D eigenvalue weighted by Gasteiger charge is 2.41. The Morgan fingerprint density at radius 3 is 2.12 bits per heavy atom. The quantitative estimate of drug-likeness (QED) is 0.348. The van der Waals surface area contributed by atoms with E-state index in [0.717, 1.165) is 6.07 Å². The molecule has 0 amide bonds. The lowest BCUT2D eigenvalue weighted by atomic mass is 9.82. The van der Waals surface area contributed by atoms with E-state index in [1.807, 2.05) is 6.92 Å². The van der Waals surface area contributed by atoms with Crippen molar-refractivity contribution in [3.63, 3.8) is 0 Å². The molecule has 4 rings (SSSR count). The summed E-state index contributed by atoms with van der Waals surface area (Å²) in [6.07, 6.45) is -13.5. The summed E-state index contributed by atoms with van der Waals surface area (Å²) in [6.45, 7) is 2.98. The Morgan fingerprint density at radius 1 is 0.951 bits per heavy atom. The summed E-state index contributed by atoms with van der Waals surface area (Å²) in [5.74, 6) is 0.216. The molecule has 2 heterocycles. The average Bonchev–Trinajstić information content (AvgIpc) is 3.23. The lowest BCUT2D eigenvalue weighted by Crippen LogP contribution is -2.36. The monoisotopic (exact) mass is 597 g/mol. The molecule has 2 unspecified atom stereocenters. The van der Waals surface area contributed by atoms with Crippen LogP contribution in [0, 0.1) is 5.92 Å². The lowest BCUT2D eigenvalue weighted by Gasteiger charge is -2.32. The van der Waals surface area contributed by atoms with Crippen molar-refractivity contribution in [2.45, 2.75) is 82.8 Å². The topological polar surface area (TPSA) is 54.5 Å². The third kappa shape index (κ3) is 7.14. The molecule has 0 bridgehead atoms. The predicted octanol–water partition coefficient (Wildman–Crippen LogP) is 7.62. The van der Waals surface area contributed by atoms with Gasteiger partial charge < -0.3 is 10.1 Å². The maximum Gasteiger partial charge on any atom is 0.417 e. The number of carbonyl (C=O) groups is 1. The first-order valence-electron chi connectivity index (χ1n) is 13.0. The molecule has 1 saturated carbocycles. The minimum atomic E-state index is -5.04. The highest BCUT2D eigenvalue weighted by Crippen LogP contribution is 2.41. The van der Waals surface area contributed by atoms with E-state index in [2.05, 4.69) is 10.3 Å². The smallest absolute Gasteiger partial charge is 0.367 e. The summed E-state index contributed by atoms with van der Waals surface area (Å²) < 4.78 is 127. The van der Waals surface area contributed by atoms with E-state index < -0.39 is 47.4 Å². The molecule has 1 aliphatic heterocycles. The number of rotatable bonds is 6. The molecule has 2 aromatic rings. The number of ketones is 1. The van der Waals surface area contributed by atoms with Gasteiger partial charge in [-0.1, -0.05) is 13.3 Å². The molecule has 2 aliphatic rings. The molecule has 1 aromatic carbocycles. The molecule has 226 valence electrons. The van der Waals surface area contributed by atoms with Crippen molar-refractivity contribution in [3.8, 4) is 0 Å². The van der Waals surface area contributed by atoms with Gasteiger partial charge in [0.15, 0.2) is 0 Å². The summed E-state index contributed by atoms with van der Waals surface area (Å²) >= 11 is 0. The van der Waals surface area contributed by atoms with Crippen LogP contribution in [0.2, 0.25) is 0 Å². The minimum absolute atomic E-state index is 0.0233. The van der Waals surface area contributed by atoms with E-state index in [-0.39, 0.29) is 54.0 Å². The Kier molecular flexibility index (Phi) is 8.66. The molecule has 5 nitrogen and oxygen atoms in total. The molecule has 41 heavy (non-hydrogen) atoms. The van der Waals surface area contributed by atoms with Crippen molar-refractivity contribution in [3.05, 3.63) is 58.3 Å². The molecule has 0 radical (unpaired) electrons. The Bertz CT molecular complexity index is 1230. The molecule has 2 fully saturated rings. The van der Waals surface area contributed by atoms with Crippen LogP contribution in [0.5, 0.6) is 0 Å². The third-order valence-corrected chi connectivity index (χ3v) is 7.68. The van der Waals surface area contributed by atoms with Gasteiger partial charge in [0.2, 0.25) is 0 Å². The molecular weight excluding hydrogens is 569 g/mol. The van der Waals surface area contributed by atoms with Gasteiger partial charge in [0, 0.05) is 43.2 Å². The van der Waals surface area contributed by atoms with Gasteiger partial charge >= 0.3 is 18.5 Å². The zero-order valence-corrected chi connectivity index (χ0v) is 22.1. The molecule has 1 aliphatic carbocycles. The Balaban J connectivity index is 1.63. The molecule has 1 saturated heterocycles.